The van der Waals surface area contributed by atoms with E-state index in [1.807, 2.05) is 0 Å². The molecule has 3 heterocycles. The summed E-state index contributed by atoms with van der Waals surface area (Å²) in [4.78, 5) is 13.1. The van der Waals surface area contributed by atoms with Crippen LogP contribution in [-0.2, 0) is 11.3 Å². The van der Waals surface area contributed by atoms with E-state index in [1.54, 1.807) is 30.5 Å². The van der Waals surface area contributed by atoms with Crippen LogP contribution in [-0.4, -0.2) is 71.4 Å². The summed E-state index contributed by atoms with van der Waals surface area (Å²) in [5.41, 5.74) is 0.532. The summed E-state index contributed by atoms with van der Waals surface area (Å²) in [5.74, 6) is 0.528. The van der Waals surface area contributed by atoms with Crippen LogP contribution in [0.3, 0.4) is 0 Å². The number of aromatic nitrogens is 4. The minimum absolute atomic E-state index is 0.0362. The lowest BCUT2D eigenvalue weighted by molar-refractivity contribution is -0.0498. The first-order valence-corrected chi connectivity index (χ1v) is 11.5. The Hall–Kier alpha value is -3.13. The number of anilines is 1. The van der Waals surface area contributed by atoms with E-state index >= 15 is 0 Å². The number of fused-ring (bicyclic) bond motifs is 1. The van der Waals surface area contributed by atoms with Gasteiger partial charge in [-0.3, -0.25) is 4.57 Å². The molecule has 1 aliphatic carbocycles. The SMILES string of the molecule is C[C@H]1O[C@@H](n2c(NC3CC(C)(O)C3)nc3c(OCc4ccc(OC(F)F)cc4)ncnc32)[C@H](O)[C@@H]1O. The molecule has 0 spiro atoms. The van der Waals surface area contributed by atoms with Crippen LogP contribution in [0.25, 0.3) is 11.2 Å². The number of benzene rings is 1. The second-order valence-corrected chi connectivity index (χ2v) is 9.43. The summed E-state index contributed by atoms with van der Waals surface area (Å²) in [7, 11) is 0. The fraction of sp³-hybridized carbons (Fsp3) is 0.522. The molecule has 3 aromatic rings. The number of hydrogen-bond donors (Lipinski definition) is 4. The maximum Gasteiger partial charge on any atom is 0.387 e. The van der Waals surface area contributed by atoms with Gasteiger partial charge in [0, 0.05) is 6.04 Å². The van der Waals surface area contributed by atoms with E-state index in [0.29, 0.717) is 35.5 Å². The second kappa shape index (κ2) is 9.39. The molecule has 1 aliphatic heterocycles. The van der Waals surface area contributed by atoms with Crippen molar-refractivity contribution < 1.29 is 38.3 Å². The smallest absolute Gasteiger partial charge is 0.387 e. The number of halogens is 2. The number of rotatable bonds is 8. The second-order valence-electron chi connectivity index (χ2n) is 9.43. The average Bonchev–Trinajstić information content (AvgIpc) is 3.29. The van der Waals surface area contributed by atoms with E-state index in [2.05, 4.69) is 25.0 Å². The van der Waals surface area contributed by atoms with E-state index in [1.165, 1.54) is 18.5 Å². The molecule has 0 unspecified atom stereocenters. The number of ether oxygens (including phenoxy) is 3. The fourth-order valence-corrected chi connectivity index (χ4v) is 4.58. The van der Waals surface area contributed by atoms with Gasteiger partial charge >= 0.3 is 6.61 Å². The van der Waals surface area contributed by atoms with Crippen molar-refractivity contribution >= 4 is 17.1 Å². The van der Waals surface area contributed by atoms with Gasteiger partial charge in [-0.15, -0.1) is 0 Å². The highest BCUT2D eigenvalue weighted by Gasteiger charge is 2.44. The molecule has 194 valence electrons. The van der Waals surface area contributed by atoms with Crippen LogP contribution < -0.4 is 14.8 Å². The molecular weight excluding hydrogens is 480 g/mol. The predicted molar refractivity (Wildman–Crippen MR) is 122 cm³/mol. The molecule has 1 saturated heterocycles. The van der Waals surface area contributed by atoms with Crippen LogP contribution in [0, 0.1) is 0 Å². The van der Waals surface area contributed by atoms with Crippen molar-refractivity contribution in [2.24, 2.45) is 0 Å². The molecule has 1 saturated carbocycles. The first-order chi connectivity index (χ1) is 17.1. The molecule has 0 amide bonds. The zero-order valence-electron chi connectivity index (χ0n) is 19.6. The summed E-state index contributed by atoms with van der Waals surface area (Å²) >= 11 is 0. The molecule has 0 radical (unpaired) electrons. The van der Waals surface area contributed by atoms with Gasteiger partial charge < -0.3 is 34.8 Å². The Morgan fingerprint density at radius 2 is 1.92 bits per heavy atom. The third-order valence-corrected chi connectivity index (χ3v) is 6.40. The number of alkyl halides is 2. The quantitative estimate of drug-likeness (QED) is 0.357. The van der Waals surface area contributed by atoms with Crippen molar-refractivity contribution in [3.63, 3.8) is 0 Å². The topological polar surface area (TPSA) is 144 Å². The third kappa shape index (κ3) is 4.78. The summed E-state index contributed by atoms with van der Waals surface area (Å²) in [5, 5.41) is 34.3. The standard InChI is InChI=1S/C23H27F2N5O6/c1-11-16(31)17(32)20(35-11)30-18-15(29-22(30)28-13-7-23(2,33)8-13)19(27-10-26-18)34-9-12-3-5-14(6-4-12)36-21(24)25/h3-6,10-11,13,16-17,20-21,31-33H,7-9H2,1-2H3,(H,28,29)/t11-,13?,16-,17-,20-,23?/m1/s1. The van der Waals surface area contributed by atoms with Gasteiger partial charge in [-0.25, -0.2) is 9.97 Å². The van der Waals surface area contributed by atoms with Crippen molar-refractivity contribution in [3.8, 4) is 11.6 Å². The Morgan fingerprint density at radius 1 is 1.19 bits per heavy atom. The largest absolute Gasteiger partial charge is 0.471 e. The highest BCUT2D eigenvalue weighted by Crippen LogP contribution is 2.39. The lowest BCUT2D eigenvalue weighted by Crippen LogP contribution is -2.48. The summed E-state index contributed by atoms with van der Waals surface area (Å²) in [6, 6.07) is 5.94. The predicted octanol–water partition coefficient (Wildman–Crippen LogP) is 1.97. The molecule has 1 aromatic carbocycles. The molecule has 2 fully saturated rings. The minimum atomic E-state index is -2.91. The van der Waals surface area contributed by atoms with E-state index < -0.39 is 36.8 Å². The number of aliphatic hydroxyl groups excluding tert-OH is 2. The number of hydrogen-bond acceptors (Lipinski definition) is 10. The fourth-order valence-electron chi connectivity index (χ4n) is 4.58. The van der Waals surface area contributed by atoms with Crippen LogP contribution >= 0.6 is 0 Å². The Bertz CT molecular complexity index is 1220. The van der Waals surface area contributed by atoms with Gasteiger partial charge in [0.15, 0.2) is 17.4 Å². The van der Waals surface area contributed by atoms with Gasteiger partial charge in [0.25, 0.3) is 0 Å². The Labute approximate surface area is 204 Å². The normalized spacial score (nSPS) is 29.9. The summed E-state index contributed by atoms with van der Waals surface area (Å²) in [6.07, 6.45) is -1.61. The van der Waals surface area contributed by atoms with Gasteiger partial charge in [-0.05, 0) is 44.4 Å². The zero-order chi connectivity index (χ0) is 25.6. The molecule has 4 N–H and O–H groups in total. The molecule has 0 bridgehead atoms. The highest BCUT2D eigenvalue weighted by atomic mass is 19.3. The number of nitrogens with one attached hydrogen (secondary N) is 1. The van der Waals surface area contributed by atoms with Crippen molar-refractivity contribution in [1.29, 1.82) is 0 Å². The van der Waals surface area contributed by atoms with E-state index in [-0.39, 0.29) is 24.3 Å². The first-order valence-electron chi connectivity index (χ1n) is 11.5. The van der Waals surface area contributed by atoms with Crippen molar-refractivity contribution in [2.75, 3.05) is 5.32 Å². The Kier molecular flexibility index (Phi) is 6.41. The van der Waals surface area contributed by atoms with Crippen LogP contribution in [0.2, 0.25) is 0 Å². The van der Waals surface area contributed by atoms with Crippen molar-refractivity contribution in [2.45, 2.75) is 76.1 Å². The van der Waals surface area contributed by atoms with Crippen molar-refractivity contribution in [3.05, 3.63) is 36.2 Å². The average molecular weight is 507 g/mol. The number of aliphatic hydroxyl groups is 3. The van der Waals surface area contributed by atoms with Gasteiger partial charge in [0.2, 0.25) is 11.8 Å². The van der Waals surface area contributed by atoms with Crippen LogP contribution in [0.5, 0.6) is 11.6 Å². The molecule has 11 nitrogen and oxygen atoms in total. The highest BCUT2D eigenvalue weighted by molar-refractivity contribution is 5.79. The molecule has 13 heteroatoms. The number of imidazole rings is 1. The molecule has 5 rings (SSSR count). The summed E-state index contributed by atoms with van der Waals surface area (Å²) < 4.78 is 42.4. The summed E-state index contributed by atoms with van der Waals surface area (Å²) in [6.45, 7) is 0.571. The van der Waals surface area contributed by atoms with Crippen LogP contribution in [0.1, 0.15) is 38.5 Å². The van der Waals surface area contributed by atoms with Gasteiger partial charge in [0.05, 0.1) is 11.7 Å². The lowest BCUT2D eigenvalue weighted by atomic mass is 9.77. The van der Waals surface area contributed by atoms with Crippen molar-refractivity contribution in [1.82, 2.24) is 19.5 Å². The maximum atomic E-state index is 12.4. The monoisotopic (exact) mass is 507 g/mol. The van der Waals surface area contributed by atoms with E-state index in [0.717, 1.165) is 0 Å². The van der Waals surface area contributed by atoms with Gasteiger partial charge in [-0.2, -0.15) is 13.8 Å². The molecule has 36 heavy (non-hydrogen) atoms. The molecular formula is C23H27F2N5O6. The van der Waals surface area contributed by atoms with Crippen LogP contribution in [0.15, 0.2) is 30.6 Å². The molecule has 4 atom stereocenters. The molecule has 2 aromatic heterocycles. The Balaban J connectivity index is 1.43. The maximum absolute atomic E-state index is 12.4. The van der Waals surface area contributed by atoms with Gasteiger partial charge in [-0.1, -0.05) is 12.1 Å². The first kappa shape index (κ1) is 24.6. The van der Waals surface area contributed by atoms with E-state index in [4.69, 9.17) is 9.47 Å². The third-order valence-electron chi connectivity index (χ3n) is 6.40. The minimum Gasteiger partial charge on any atom is -0.471 e. The Morgan fingerprint density at radius 3 is 2.53 bits per heavy atom. The van der Waals surface area contributed by atoms with Gasteiger partial charge in [0.1, 0.15) is 30.9 Å². The zero-order valence-corrected chi connectivity index (χ0v) is 19.6. The lowest BCUT2D eigenvalue weighted by Gasteiger charge is -2.41. The molecule has 2 aliphatic rings. The van der Waals surface area contributed by atoms with E-state index in [9.17, 15) is 24.1 Å². The van der Waals surface area contributed by atoms with Crippen LogP contribution in [0.4, 0.5) is 14.7 Å². The number of nitrogens with zero attached hydrogens (tertiary/aromatic N) is 4.